The monoisotopic (exact) mass is 340 g/mol. The molecule has 2 aromatic rings. The van der Waals surface area contributed by atoms with Crippen molar-refractivity contribution in [3.05, 3.63) is 42.0 Å². The van der Waals surface area contributed by atoms with Crippen LogP contribution in [-0.2, 0) is 0 Å². The Balaban J connectivity index is 1.31. The number of rotatable bonds is 4. The van der Waals surface area contributed by atoms with Crippen molar-refractivity contribution in [3.8, 4) is 0 Å². The van der Waals surface area contributed by atoms with Crippen molar-refractivity contribution in [2.24, 2.45) is 0 Å². The van der Waals surface area contributed by atoms with Gasteiger partial charge in [-0.05, 0) is 44.5 Å². The van der Waals surface area contributed by atoms with E-state index in [-0.39, 0.29) is 0 Å². The Morgan fingerprint density at radius 2 is 1.80 bits per heavy atom. The number of anilines is 1. The Bertz CT molecular complexity index is 676. The van der Waals surface area contributed by atoms with Gasteiger partial charge in [0.1, 0.15) is 0 Å². The quantitative estimate of drug-likeness (QED) is 0.850. The van der Waals surface area contributed by atoms with E-state index in [2.05, 4.69) is 64.1 Å². The Morgan fingerprint density at radius 1 is 1.04 bits per heavy atom. The van der Waals surface area contributed by atoms with Crippen LogP contribution in [0.1, 0.15) is 56.7 Å². The van der Waals surface area contributed by atoms with Crippen molar-refractivity contribution in [1.29, 1.82) is 0 Å². The van der Waals surface area contributed by atoms with E-state index in [0.29, 0.717) is 17.9 Å². The Labute approximate surface area is 150 Å². The fraction of sp³-hybridized carbons (Fsp3) is 0.600. The zero-order chi connectivity index (χ0) is 17.2. The number of hydrogen-bond donors (Lipinski definition) is 0. The summed E-state index contributed by atoms with van der Waals surface area (Å²) in [4.78, 5) is 9.79. The van der Waals surface area contributed by atoms with Crippen molar-refractivity contribution in [2.45, 2.75) is 51.0 Å². The average molecular weight is 340 g/mol. The summed E-state index contributed by atoms with van der Waals surface area (Å²) >= 11 is 0. The molecule has 2 aliphatic rings. The highest BCUT2D eigenvalue weighted by atomic mass is 16.5. The maximum atomic E-state index is 5.51. The van der Waals surface area contributed by atoms with Gasteiger partial charge in [-0.15, -0.1) is 0 Å². The summed E-state index contributed by atoms with van der Waals surface area (Å²) in [5.41, 5.74) is 1.35. The summed E-state index contributed by atoms with van der Waals surface area (Å²) < 4.78 is 5.51. The second-order valence-corrected chi connectivity index (χ2v) is 7.68. The SMILES string of the molecule is CC(C)c1noc(C2CCN([C@@H]3CCN(c4ccccc4)C3)CC2)n1. The summed E-state index contributed by atoms with van der Waals surface area (Å²) in [6, 6.07) is 11.5. The molecule has 0 amide bonds. The van der Waals surface area contributed by atoms with Crippen LogP contribution >= 0.6 is 0 Å². The molecule has 1 aromatic carbocycles. The largest absolute Gasteiger partial charge is 0.370 e. The van der Waals surface area contributed by atoms with E-state index in [1.54, 1.807) is 0 Å². The molecule has 1 atom stereocenters. The molecule has 0 radical (unpaired) electrons. The molecule has 2 aliphatic heterocycles. The van der Waals surface area contributed by atoms with Gasteiger partial charge >= 0.3 is 0 Å². The number of likely N-dealkylation sites (tertiary alicyclic amines) is 1. The molecular formula is C20H28N4O. The highest BCUT2D eigenvalue weighted by molar-refractivity contribution is 5.47. The van der Waals surface area contributed by atoms with E-state index in [0.717, 1.165) is 50.7 Å². The zero-order valence-corrected chi connectivity index (χ0v) is 15.3. The first-order valence-corrected chi connectivity index (χ1v) is 9.58. The van der Waals surface area contributed by atoms with Crippen LogP contribution in [0.25, 0.3) is 0 Å². The fourth-order valence-corrected chi connectivity index (χ4v) is 4.07. The van der Waals surface area contributed by atoms with Crippen LogP contribution in [0.3, 0.4) is 0 Å². The van der Waals surface area contributed by atoms with Crippen molar-refractivity contribution in [2.75, 3.05) is 31.1 Å². The van der Waals surface area contributed by atoms with Crippen LogP contribution < -0.4 is 4.90 Å². The highest BCUT2D eigenvalue weighted by Gasteiger charge is 2.32. The number of nitrogens with zero attached hydrogens (tertiary/aromatic N) is 4. The molecule has 0 unspecified atom stereocenters. The minimum absolute atomic E-state index is 0.333. The van der Waals surface area contributed by atoms with Gasteiger partial charge in [-0.1, -0.05) is 37.2 Å². The first-order chi connectivity index (χ1) is 12.2. The van der Waals surface area contributed by atoms with Gasteiger partial charge in [-0.25, -0.2) is 0 Å². The minimum atomic E-state index is 0.333. The molecule has 0 saturated carbocycles. The summed E-state index contributed by atoms with van der Waals surface area (Å²) in [7, 11) is 0. The van der Waals surface area contributed by atoms with Gasteiger partial charge in [-0.3, -0.25) is 4.90 Å². The van der Waals surface area contributed by atoms with E-state index in [1.165, 1.54) is 12.1 Å². The lowest BCUT2D eigenvalue weighted by Crippen LogP contribution is -2.42. The molecule has 0 bridgehead atoms. The number of aromatic nitrogens is 2. The Hall–Kier alpha value is -1.88. The highest BCUT2D eigenvalue weighted by Crippen LogP contribution is 2.31. The Kier molecular flexibility index (Phi) is 4.75. The smallest absolute Gasteiger partial charge is 0.229 e. The van der Waals surface area contributed by atoms with E-state index in [9.17, 15) is 0 Å². The van der Waals surface area contributed by atoms with Crippen molar-refractivity contribution >= 4 is 5.69 Å². The van der Waals surface area contributed by atoms with E-state index in [1.807, 2.05) is 0 Å². The van der Waals surface area contributed by atoms with Gasteiger partial charge in [0.25, 0.3) is 0 Å². The molecule has 5 heteroatoms. The van der Waals surface area contributed by atoms with Crippen LogP contribution in [0, 0.1) is 0 Å². The molecule has 4 rings (SSSR count). The summed E-state index contributed by atoms with van der Waals surface area (Å²) in [5, 5.41) is 4.12. The van der Waals surface area contributed by atoms with Gasteiger partial charge in [0, 0.05) is 36.7 Å². The summed E-state index contributed by atoms with van der Waals surface area (Å²) in [5.74, 6) is 2.45. The molecule has 0 N–H and O–H groups in total. The predicted octanol–water partition coefficient (Wildman–Crippen LogP) is 3.65. The number of piperidine rings is 1. The van der Waals surface area contributed by atoms with Gasteiger partial charge < -0.3 is 9.42 Å². The molecule has 1 aromatic heterocycles. The maximum Gasteiger partial charge on any atom is 0.229 e. The van der Waals surface area contributed by atoms with Crippen molar-refractivity contribution < 1.29 is 4.52 Å². The molecular weight excluding hydrogens is 312 g/mol. The molecule has 2 fully saturated rings. The van der Waals surface area contributed by atoms with Crippen molar-refractivity contribution in [3.63, 3.8) is 0 Å². The van der Waals surface area contributed by atoms with Crippen LogP contribution in [0.4, 0.5) is 5.69 Å². The van der Waals surface area contributed by atoms with E-state index >= 15 is 0 Å². The molecule has 0 aliphatic carbocycles. The number of benzene rings is 1. The van der Waals surface area contributed by atoms with Gasteiger partial charge in [0.05, 0.1) is 0 Å². The van der Waals surface area contributed by atoms with Crippen LogP contribution in [0.5, 0.6) is 0 Å². The lowest BCUT2D eigenvalue weighted by Gasteiger charge is -2.34. The normalized spacial score (nSPS) is 22.8. The van der Waals surface area contributed by atoms with Gasteiger partial charge in [0.15, 0.2) is 5.82 Å². The standard InChI is InChI=1S/C20H28N4O/c1-15(2)19-21-20(25-22-19)16-8-11-23(12-9-16)18-10-13-24(14-18)17-6-4-3-5-7-17/h3-7,15-16,18H,8-14H2,1-2H3/t18-/m1/s1. The first kappa shape index (κ1) is 16.6. The summed E-state index contributed by atoms with van der Waals surface area (Å²) in [6.07, 6.45) is 3.51. The third kappa shape index (κ3) is 3.56. The third-order valence-electron chi connectivity index (χ3n) is 5.65. The van der Waals surface area contributed by atoms with Crippen LogP contribution in [0.2, 0.25) is 0 Å². The minimum Gasteiger partial charge on any atom is -0.370 e. The molecule has 0 spiro atoms. The van der Waals surface area contributed by atoms with E-state index in [4.69, 9.17) is 4.52 Å². The lowest BCUT2D eigenvalue weighted by molar-refractivity contribution is 0.151. The van der Waals surface area contributed by atoms with E-state index < -0.39 is 0 Å². The van der Waals surface area contributed by atoms with Crippen LogP contribution in [-0.4, -0.2) is 47.3 Å². The molecule has 134 valence electrons. The average Bonchev–Trinajstić information content (AvgIpc) is 3.33. The zero-order valence-electron chi connectivity index (χ0n) is 15.3. The fourth-order valence-electron chi connectivity index (χ4n) is 4.07. The first-order valence-electron chi connectivity index (χ1n) is 9.58. The molecule has 5 nitrogen and oxygen atoms in total. The van der Waals surface area contributed by atoms with Crippen LogP contribution in [0.15, 0.2) is 34.9 Å². The number of hydrogen-bond acceptors (Lipinski definition) is 5. The van der Waals surface area contributed by atoms with Gasteiger partial charge in [-0.2, -0.15) is 4.98 Å². The predicted molar refractivity (Wildman–Crippen MR) is 99.0 cm³/mol. The lowest BCUT2D eigenvalue weighted by atomic mass is 9.95. The third-order valence-corrected chi connectivity index (χ3v) is 5.65. The Morgan fingerprint density at radius 3 is 2.48 bits per heavy atom. The van der Waals surface area contributed by atoms with Crippen molar-refractivity contribution in [1.82, 2.24) is 15.0 Å². The van der Waals surface area contributed by atoms with Gasteiger partial charge in [0.2, 0.25) is 5.89 Å². The summed E-state index contributed by atoms with van der Waals surface area (Å²) in [6.45, 7) is 8.79. The second kappa shape index (κ2) is 7.16. The molecule has 2 saturated heterocycles. The second-order valence-electron chi connectivity index (χ2n) is 7.68. The number of para-hydroxylation sites is 1. The molecule has 3 heterocycles. The maximum absolute atomic E-state index is 5.51. The molecule has 25 heavy (non-hydrogen) atoms. The topological polar surface area (TPSA) is 45.4 Å².